The van der Waals surface area contributed by atoms with Crippen molar-refractivity contribution in [1.29, 1.82) is 0 Å². The molecular formula is C28H32ClF2N5O4. The highest BCUT2D eigenvalue weighted by atomic mass is 35.5. The van der Waals surface area contributed by atoms with Crippen molar-refractivity contribution < 1.29 is 28.5 Å². The van der Waals surface area contributed by atoms with Gasteiger partial charge in [0.15, 0.2) is 11.6 Å². The summed E-state index contributed by atoms with van der Waals surface area (Å²) in [7, 11) is 0. The summed E-state index contributed by atoms with van der Waals surface area (Å²) in [5.74, 6) is -1.59. The fourth-order valence-corrected chi connectivity index (χ4v) is 5.83. The number of aromatic nitrogens is 3. The number of hydrogen-bond donors (Lipinski definition) is 4. The van der Waals surface area contributed by atoms with Gasteiger partial charge in [0.1, 0.15) is 17.2 Å². The molecule has 1 aromatic carbocycles. The molecule has 0 saturated carbocycles. The topological polar surface area (TPSA) is 124 Å². The number of aliphatic hydroxyl groups is 1. The first-order chi connectivity index (χ1) is 19.0. The number of benzene rings is 1. The Kier molecular flexibility index (Phi) is 7.84. The molecule has 2 atom stereocenters. The first-order valence-corrected chi connectivity index (χ1v) is 13.6. The quantitative estimate of drug-likeness (QED) is 0.290. The standard InChI is InChI=1S/C28H32ClF2N5O4/c1-3-18-11-27(26(37)38,7-8-36(18)13-17-5-4-6-20(29)24(17)30)12-21-25(31)19(28(39)14-40-15-28)10-22(32-21)33-23-9-16(2)34-35-23/h4-6,9-10,18,39H,3,7-8,11-15H2,1-2H3,(H,37,38)(H2,32,33,34,35)/t18-,27-/m1/s1. The second-order valence-electron chi connectivity index (χ2n) is 10.9. The van der Waals surface area contributed by atoms with E-state index < -0.39 is 28.6 Å². The lowest BCUT2D eigenvalue weighted by atomic mass is 9.71. The van der Waals surface area contributed by atoms with Crippen LogP contribution in [-0.4, -0.2) is 62.1 Å². The number of aliphatic carboxylic acids is 1. The number of carboxylic acid groups (broad SMARTS) is 1. The minimum atomic E-state index is -1.54. The maximum atomic E-state index is 15.9. The molecule has 4 N–H and O–H groups in total. The number of aryl methyl sites for hydroxylation is 1. The number of nitrogens with zero attached hydrogens (tertiary/aromatic N) is 3. The van der Waals surface area contributed by atoms with Crippen molar-refractivity contribution in [3.05, 3.63) is 69.5 Å². The monoisotopic (exact) mass is 575 g/mol. The highest BCUT2D eigenvalue weighted by Crippen LogP contribution is 2.42. The van der Waals surface area contributed by atoms with Crippen molar-refractivity contribution in [2.45, 2.75) is 57.7 Å². The second kappa shape index (κ2) is 11.0. The molecule has 0 bridgehead atoms. The number of nitrogens with one attached hydrogen (secondary N) is 2. The molecule has 0 aliphatic carbocycles. The van der Waals surface area contributed by atoms with Crippen molar-refractivity contribution in [3.8, 4) is 0 Å². The molecular weight excluding hydrogens is 544 g/mol. The summed E-state index contributed by atoms with van der Waals surface area (Å²) >= 11 is 5.97. The zero-order chi connectivity index (χ0) is 28.7. The predicted molar refractivity (Wildman–Crippen MR) is 144 cm³/mol. The number of halogens is 3. The number of H-pyrrole nitrogens is 1. The predicted octanol–water partition coefficient (Wildman–Crippen LogP) is 4.69. The van der Waals surface area contributed by atoms with Crippen LogP contribution in [0.25, 0.3) is 0 Å². The van der Waals surface area contributed by atoms with Gasteiger partial charge in [-0.25, -0.2) is 13.8 Å². The van der Waals surface area contributed by atoms with Crippen LogP contribution in [0.15, 0.2) is 30.3 Å². The number of carboxylic acids is 1. The van der Waals surface area contributed by atoms with Crippen LogP contribution in [0.3, 0.4) is 0 Å². The second-order valence-corrected chi connectivity index (χ2v) is 11.3. The molecule has 12 heteroatoms. The van der Waals surface area contributed by atoms with Gasteiger partial charge in [0.2, 0.25) is 0 Å². The lowest BCUT2D eigenvalue weighted by Crippen LogP contribution is -2.51. The molecule has 40 heavy (non-hydrogen) atoms. The summed E-state index contributed by atoms with van der Waals surface area (Å²) in [5, 5.41) is 31.4. The van der Waals surface area contributed by atoms with E-state index in [0.29, 0.717) is 24.3 Å². The first-order valence-electron chi connectivity index (χ1n) is 13.2. The average molecular weight is 576 g/mol. The van der Waals surface area contributed by atoms with Gasteiger partial charge < -0.3 is 20.3 Å². The molecule has 0 unspecified atom stereocenters. The minimum absolute atomic E-state index is 0.0000413. The van der Waals surface area contributed by atoms with Crippen LogP contribution in [0.4, 0.5) is 20.4 Å². The van der Waals surface area contributed by atoms with Gasteiger partial charge in [-0.05, 0) is 44.9 Å². The highest BCUT2D eigenvalue weighted by Gasteiger charge is 2.47. The molecule has 4 heterocycles. The van der Waals surface area contributed by atoms with Gasteiger partial charge in [-0.15, -0.1) is 0 Å². The third-order valence-corrected chi connectivity index (χ3v) is 8.32. The SMILES string of the molecule is CC[C@@H]1C[C@](Cc2nc(Nc3cc(C)[nH]n3)cc(C3(O)COC3)c2F)(C(=O)O)CCN1Cc1cccc(Cl)c1F. The molecule has 0 amide bonds. The van der Waals surface area contributed by atoms with E-state index in [-0.39, 0.29) is 67.2 Å². The van der Waals surface area contributed by atoms with Crippen LogP contribution in [0.1, 0.15) is 48.7 Å². The van der Waals surface area contributed by atoms with Crippen molar-refractivity contribution >= 4 is 29.2 Å². The van der Waals surface area contributed by atoms with E-state index >= 15 is 4.39 Å². The molecule has 0 radical (unpaired) electrons. The number of likely N-dealkylation sites (tertiary alicyclic amines) is 1. The number of aromatic amines is 1. The Balaban J connectivity index is 1.45. The van der Waals surface area contributed by atoms with Crippen LogP contribution < -0.4 is 5.32 Å². The van der Waals surface area contributed by atoms with E-state index in [9.17, 15) is 19.4 Å². The number of hydrogen-bond acceptors (Lipinski definition) is 7. The Labute approximate surface area is 235 Å². The van der Waals surface area contributed by atoms with Crippen LogP contribution in [0.2, 0.25) is 5.02 Å². The molecule has 2 aliphatic rings. The Hall–Kier alpha value is -3.12. The smallest absolute Gasteiger partial charge is 0.310 e. The lowest BCUT2D eigenvalue weighted by molar-refractivity contribution is -0.186. The van der Waals surface area contributed by atoms with Gasteiger partial charge in [0, 0.05) is 41.9 Å². The third kappa shape index (κ3) is 5.43. The van der Waals surface area contributed by atoms with E-state index in [0.717, 1.165) is 5.69 Å². The van der Waals surface area contributed by atoms with Crippen molar-refractivity contribution in [3.63, 3.8) is 0 Å². The maximum absolute atomic E-state index is 15.9. The number of piperidine rings is 1. The van der Waals surface area contributed by atoms with Gasteiger partial charge in [-0.1, -0.05) is 30.7 Å². The molecule has 0 spiro atoms. The lowest BCUT2D eigenvalue weighted by Gasteiger charge is -2.44. The largest absolute Gasteiger partial charge is 0.481 e. The van der Waals surface area contributed by atoms with E-state index in [2.05, 4.69) is 25.4 Å². The summed E-state index contributed by atoms with van der Waals surface area (Å²) in [6.45, 7) is 4.27. The summed E-state index contributed by atoms with van der Waals surface area (Å²) < 4.78 is 35.7. The Morgan fingerprint density at radius 3 is 2.67 bits per heavy atom. The number of anilines is 2. The fourth-order valence-electron chi connectivity index (χ4n) is 5.64. The Bertz CT molecular complexity index is 1420. The van der Waals surface area contributed by atoms with Gasteiger partial charge in [-0.2, -0.15) is 5.10 Å². The average Bonchev–Trinajstić information content (AvgIpc) is 3.32. The van der Waals surface area contributed by atoms with Crippen molar-refractivity contribution in [2.24, 2.45) is 5.41 Å². The Morgan fingerprint density at radius 2 is 2.05 bits per heavy atom. The number of pyridine rings is 1. The summed E-state index contributed by atoms with van der Waals surface area (Å²) in [4.78, 5) is 19.3. The third-order valence-electron chi connectivity index (χ3n) is 8.03. The van der Waals surface area contributed by atoms with Gasteiger partial charge >= 0.3 is 5.97 Å². The number of ether oxygens (including phenoxy) is 1. The van der Waals surface area contributed by atoms with Crippen LogP contribution in [0, 0.1) is 24.0 Å². The summed E-state index contributed by atoms with van der Waals surface area (Å²) in [6.07, 6.45) is 0.876. The van der Waals surface area contributed by atoms with E-state index in [4.69, 9.17) is 16.3 Å². The molecule has 2 saturated heterocycles. The molecule has 9 nitrogen and oxygen atoms in total. The summed E-state index contributed by atoms with van der Waals surface area (Å²) in [5.41, 5.74) is -1.66. The zero-order valence-electron chi connectivity index (χ0n) is 22.3. The van der Waals surface area contributed by atoms with E-state index in [1.165, 1.54) is 12.1 Å². The molecule has 2 aliphatic heterocycles. The minimum Gasteiger partial charge on any atom is -0.481 e. The number of rotatable bonds is 9. The molecule has 2 aromatic heterocycles. The van der Waals surface area contributed by atoms with Crippen LogP contribution in [0.5, 0.6) is 0 Å². The van der Waals surface area contributed by atoms with E-state index in [1.54, 1.807) is 18.2 Å². The first kappa shape index (κ1) is 28.4. The van der Waals surface area contributed by atoms with Crippen molar-refractivity contribution in [2.75, 3.05) is 25.1 Å². The van der Waals surface area contributed by atoms with Crippen molar-refractivity contribution in [1.82, 2.24) is 20.1 Å². The van der Waals surface area contributed by atoms with Gasteiger partial charge in [-0.3, -0.25) is 14.8 Å². The molecule has 5 rings (SSSR count). The van der Waals surface area contributed by atoms with Gasteiger partial charge in [0.25, 0.3) is 0 Å². The van der Waals surface area contributed by atoms with Crippen LogP contribution >= 0.6 is 11.6 Å². The normalized spacial score (nSPS) is 22.6. The zero-order valence-corrected chi connectivity index (χ0v) is 23.1. The maximum Gasteiger partial charge on any atom is 0.310 e. The van der Waals surface area contributed by atoms with E-state index in [1.807, 2.05) is 13.8 Å². The molecule has 214 valence electrons. The Morgan fingerprint density at radius 1 is 1.27 bits per heavy atom. The van der Waals surface area contributed by atoms with Gasteiger partial charge in [0.05, 0.1) is 29.3 Å². The summed E-state index contributed by atoms with van der Waals surface area (Å²) in [6, 6.07) is 7.81. The molecule has 2 fully saturated rings. The fraction of sp³-hybridized carbons (Fsp3) is 0.464. The highest BCUT2D eigenvalue weighted by molar-refractivity contribution is 6.30. The number of carbonyl (C=O) groups is 1. The van der Waals surface area contributed by atoms with Crippen LogP contribution in [-0.2, 0) is 28.1 Å². The molecule has 3 aromatic rings.